The predicted octanol–water partition coefficient (Wildman–Crippen LogP) is 1.89. The minimum atomic E-state index is 0.307. The minimum absolute atomic E-state index is 0.307. The summed E-state index contributed by atoms with van der Waals surface area (Å²) in [4.78, 5) is 20.6. The molecule has 2 nitrogen and oxygen atoms in total. The summed E-state index contributed by atoms with van der Waals surface area (Å²) >= 11 is 0. The Kier molecular flexibility index (Phi) is 3.71. The van der Waals surface area contributed by atoms with Gasteiger partial charge >= 0.3 is 0 Å². The van der Waals surface area contributed by atoms with Crippen LogP contribution in [0.25, 0.3) is 0 Å². The summed E-state index contributed by atoms with van der Waals surface area (Å²) in [5.41, 5.74) is 0.307. The molecule has 0 saturated heterocycles. The molecule has 0 radical (unpaired) electrons. The van der Waals surface area contributed by atoms with Crippen molar-refractivity contribution in [3.63, 3.8) is 0 Å². The number of hydrogen-bond acceptors (Lipinski definition) is 2. The molecule has 0 atom stereocenters. The molecule has 0 spiro atoms. The van der Waals surface area contributed by atoms with E-state index in [1.807, 2.05) is 6.08 Å². The number of carbonyl (C=O) groups is 2. The van der Waals surface area contributed by atoms with E-state index >= 15 is 0 Å². The van der Waals surface area contributed by atoms with Gasteiger partial charge in [-0.15, -0.1) is 0 Å². The van der Waals surface area contributed by atoms with Crippen LogP contribution in [0, 0.1) is 5.92 Å². The van der Waals surface area contributed by atoms with Crippen LogP contribution in [0.1, 0.15) is 32.1 Å². The summed E-state index contributed by atoms with van der Waals surface area (Å²) in [6.07, 6.45) is 9.11. The molecule has 0 aromatic heterocycles. The lowest BCUT2D eigenvalue weighted by Crippen LogP contribution is -2.04. The Bertz CT molecular complexity index is 178. The average molecular weight is 166 g/mol. The van der Waals surface area contributed by atoms with Crippen molar-refractivity contribution in [1.29, 1.82) is 0 Å². The van der Waals surface area contributed by atoms with Gasteiger partial charge in [0, 0.05) is 0 Å². The number of allylic oxidation sites excluding steroid dienone is 2. The fourth-order valence-corrected chi connectivity index (χ4v) is 1.68. The first-order chi connectivity index (χ1) is 5.86. The second-order valence-corrected chi connectivity index (χ2v) is 3.30. The molecular formula is C10H14O2. The number of carbonyl (C=O) groups excluding carboxylic acids is 2. The van der Waals surface area contributed by atoms with Gasteiger partial charge in [0.05, 0.1) is 5.57 Å². The van der Waals surface area contributed by atoms with Crippen molar-refractivity contribution >= 4 is 12.6 Å². The maximum Gasteiger partial charge on any atom is 0.153 e. The molecule has 0 bridgehead atoms. The van der Waals surface area contributed by atoms with E-state index in [1.54, 1.807) is 0 Å². The molecule has 12 heavy (non-hydrogen) atoms. The van der Waals surface area contributed by atoms with Crippen LogP contribution < -0.4 is 0 Å². The molecule has 0 aliphatic heterocycles. The Morgan fingerprint density at radius 1 is 1.00 bits per heavy atom. The minimum Gasteiger partial charge on any atom is -0.298 e. The highest BCUT2D eigenvalue weighted by Gasteiger charge is 2.11. The van der Waals surface area contributed by atoms with Crippen molar-refractivity contribution < 1.29 is 9.59 Å². The maximum absolute atomic E-state index is 10.3. The third-order valence-corrected chi connectivity index (χ3v) is 2.35. The molecule has 1 aliphatic carbocycles. The maximum atomic E-state index is 10.3. The Labute approximate surface area is 72.7 Å². The van der Waals surface area contributed by atoms with Crippen LogP contribution in [0.2, 0.25) is 0 Å². The lowest BCUT2D eigenvalue weighted by Gasteiger charge is -2.17. The van der Waals surface area contributed by atoms with E-state index in [0.29, 0.717) is 24.1 Å². The van der Waals surface area contributed by atoms with E-state index in [0.717, 1.165) is 12.8 Å². The molecular weight excluding hydrogens is 152 g/mol. The summed E-state index contributed by atoms with van der Waals surface area (Å²) in [7, 11) is 0. The van der Waals surface area contributed by atoms with Crippen molar-refractivity contribution in [2.75, 3.05) is 0 Å². The van der Waals surface area contributed by atoms with Crippen LogP contribution in [0.3, 0.4) is 0 Å². The molecule has 0 aromatic carbocycles. The van der Waals surface area contributed by atoms with Crippen LogP contribution in [0.15, 0.2) is 11.6 Å². The van der Waals surface area contributed by atoms with Gasteiger partial charge in [0.25, 0.3) is 0 Å². The third kappa shape index (κ3) is 2.61. The van der Waals surface area contributed by atoms with Crippen LogP contribution in [-0.4, -0.2) is 12.6 Å². The van der Waals surface area contributed by atoms with Crippen LogP contribution >= 0.6 is 0 Å². The molecule has 0 aromatic rings. The normalized spacial score (nSPS) is 18.3. The van der Waals surface area contributed by atoms with E-state index in [-0.39, 0.29) is 0 Å². The third-order valence-electron chi connectivity index (χ3n) is 2.35. The molecule has 2 heteroatoms. The molecule has 0 N–H and O–H groups in total. The first-order valence-electron chi connectivity index (χ1n) is 4.49. The summed E-state index contributed by atoms with van der Waals surface area (Å²) in [6.45, 7) is 0. The first kappa shape index (κ1) is 9.17. The van der Waals surface area contributed by atoms with Crippen LogP contribution in [0.4, 0.5) is 0 Å². The molecule has 1 fully saturated rings. The van der Waals surface area contributed by atoms with Gasteiger partial charge in [0.2, 0.25) is 0 Å². The molecule has 66 valence electrons. The van der Waals surface area contributed by atoms with Gasteiger partial charge < -0.3 is 0 Å². The highest BCUT2D eigenvalue weighted by Crippen LogP contribution is 2.24. The Morgan fingerprint density at radius 2 is 1.58 bits per heavy atom. The SMILES string of the molecule is O=CC(C=O)=CC1CCCCC1. The number of aldehydes is 2. The van der Waals surface area contributed by atoms with E-state index in [2.05, 4.69) is 0 Å². The zero-order chi connectivity index (χ0) is 8.81. The Balaban J connectivity index is 2.50. The summed E-state index contributed by atoms with van der Waals surface area (Å²) in [5, 5.41) is 0. The molecule has 1 aliphatic rings. The monoisotopic (exact) mass is 166 g/mol. The van der Waals surface area contributed by atoms with E-state index in [4.69, 9.17) is 0 Å². The van der Waals surface area contributed by atoms with E-state index in [9.17, 15) is 9.59 Å². The average Bonchev–Trinajstić information content (AvgIpc) is 2.16. The van der Waals surface area contributed by atoms with Gasteiger partial charge in [0.15, 0.2) is 12.6 Å². The summed E-state index contributed by atoms with van der Waals surface area (Å²) < 4.78 is 0. The molecule has 0 amide bonds. The fourth-order valence-electron chi connectivity index (χ4n) is 1.68. The second-order valence-electron chi connectivity index (χ2n) is 3.30. The smallest absolute Gasteiger partial charge is 0.153 e. The van der Waals surface area contributed by atoms with Gasteiger partial charge in [-0.05, 0) is 18.8 Å². The van der Waals surface area contributed by atoms with Crippen molar-refractivity contribution in [2.24, 2.45) is 5.92 Å². The lowest BCUT2D eigenvalue weighted by molar-refractivity contribution is -0.109. The van der Waals surface area contributed by atoms with Crippen molar-refractivity contribution in [1.82, 2.24) is 0 Å². The van der Waals surface area contributed by atoms with Crippen molar-refractivity contribution in [3.05, 3.63) is 11.6 Å². The van der Waals surface area contributed by atoms with Gasteiger partial charge in [0.1, 0.15) is 0 Å². The second kappa shape index (κ2) is 4.86. The Hall–Kier alpha value is -0.920. The summed E-state index contributed by atoms with van der Waals surface area (Å²) in [6, 6.07) is 0. The first-order valence-corrected chi connectivity index (χ1v) is 4.49. The van der Waals surface area contributed by atoms with Gasteiger partial charge in [-0.3, -0.25) is 9.59 Å². The Morgan fingerprint density at radius 3 is 2.08 bits per heavy atom. The standard InChI is InChI=1S/C10H14O2/c11-7-10(8-12)6-9-4-2-1-3-5-9/h6-9H,1-5H2. The predicted molar refractivity (Wildman–Crippen MR) is 46.8 cm³/mol. The van der Waals surface area contributed by atoms with Gasteiger partial charge in [-0.2, -0.15) is 0 Å². The topological polar surface area (TPSA) is 34.1 Å². The molecule has 1 rings (SSSR count). The number of hydrogen-bond donors (Lipinski definition) is 0. The largest absolute Gasteiger partial charge is 0.298 e. The number of rotatable bonds is 3. The molecule has 0 unspecified atom stereocenters. The fraction of sp³-hybridized carbons (Fsp3) is 0.600. The van der Waals surface area contributed by atoms with E-state index < -0.39 is 0 Å². The van der Waals surface area contributed by atoms with Gasteiger partial charge in [-0.1, -0.05) is 25.3 Å². The van der Waals surface area contributed by atoms with E-state index in [1.165, 1.54) is 19.3 Å². The zero-order valence-electron chi connectivity index (χ0n) is 7.16. The highest BCUT2D eigenvalue weighted by molar-refractivity contribution is 5.99. The van der Waals surface area contributed by atoms with Crippen LogP contribution in [0.5, 0.6) is 0 Å². The lowest BCUT2D eigenvalue weighted by atomic mass is 9.88. The van der Waals surface area contributed by atoms with Crippen molar-refractivity contribution in [2.45, 2.75) is 32.1 Å². The molecule has 0 heterocycles. The quantitative estimate of drug-likeness (QED) is 0.278. The zero-order valence-corrected chi connectivity index (χ0v) is 7.16. The highest BCUT2D eigenvalue weighted by atomic mass is 16.1. The molecule has 1 saturated carbocycles. The van der Waals surface area contributed by atoms with Gasteiger partial charge in [-0.25, -0.2) is 0 Å². The summed E-state index contributed by atoms with van der Waals surface area (Å²) in [5.74, 6) is 0.462. The van der Waals surface area contributed by atoms with Crippen LogP contribution in [-0.2, 0) is 9.59 Å². The van der Waals surface area contributed by atoms with Crippen molar-refractivity contribution in [3.8, 4) is 0 Å².